The fourth-order valence-electron chi connectivity index (χ4n) is 9.01. The Morgan fingerprint density at radius 1 is 0.865 bits per heavy atom. The van der Waals surface area contributed by atoms with Crippen LogP contribution in [0.5, 0.6) is 11.5 Å². The summed E-state index contributed by atoms with van der Waals surface area (Å²) in [5.74, 6) is -6.18. The lowest BCUT2D eigenvalue weighted by Crippen LogP contribution is -2.53. The number of methoxy groups -OCH3 is 1. The first-order chi connectivity index (χ1) is 25.1. The molecular formula is C40H34N4O8. The number of nitrogens with zero attached hydrogens (tertiary/aromatic N) is 3. The van der Waals surface area contributed by atoms with Gasteiger partial charge in [0.1, 0.15) is 0 Å². The highest BCUT2D eigenvalue weighted by molar-refractivity contribution is 6.22. The number of nitro benzene ring substituents is 1. The molecule has 0 spiro atoms. The van der Waals surface area contributed by atoms with Crippen molar-refractivity contribution in [3.63, 3.8) is 0 Å². The summed E-state index contributed by atoms with van der Waals surface area (Å²) in [4.78, 5) is 70.3. The second-order valence-corrected chi connectivity index (χ2v) is 13.8. The molecule has 2 heterocycles. The van der Waals surface area contributed by atoms with Crippen LogP contribution in [0.15, 0.2) is 109 Å². The number of hydrogen-bond acceptors (Lipinski definition) is 9. The van der Waals surface area contributed by atoms with Crippen molar-refractivity contribution in [2.24, 2.45) is 23.7 Å². The maximum absolute atomic E-state index is 15.2. The third-order valence-corrected chi connectivity index (χ3v) is 11.3. The lowest BCUT2D eigenvalue weighted by molar-refractivity contribution is -0.384. The van der Waals surface area contributed by atoms with E-state index in [9.17, 15) is 29.6 Å². The number of aromatic hydroxyl groups is 1. The monoisotopic (exact) mass is 698 g/mol. The molecule has 12 heteroatoms. The summed E-state index contributed by atoms with van der Waals surface area (Å²) in [5.41, 5.74) is 4.67. The summed E-state index contributed by atoms with van der Waals surface area (Å²) >= 11 is 0. The van der Waals surface area contributed by atoms with E-state index in [1.165, 1.54) is 31.4 Å². The van der Waals surface area contributed by atoms with E-state index in [4.69, 9.17) is 4.74 Å². The number of allylic oxidation sites excluding steroid dienone is 2. The van der Waals surface area contributed by atoms with Gasteiger partial charge in [-0.05, 0) is 61.6 Å². The Morgan fingerprint density at radius 3 is 2.25 bits per heavy atom. The molecule has 6 unspecified atom stereocenters. The predicted molar refractivity (Wildman–Crippen MR) is 189 cm³/mol. The van der Waals surface area contributed by atoms with E-state index in [2.05, 4.69) is 5.43 Å². The van der Waals surface area contributed by atoms with Gasteiger partial charge < -0.3 is 9.84 Å². The number of carbonyl (C=O) groups is 4. The minimum Gasteiger partial charge on any atom is -0.504 e. The van der Waals surface area contributed by atoms with Crippen LogP contribution in [0.2, 0.25) is 0 Å². The van der Waals surface area contributed by atoms with Crippen molar-refractivity contribution in [3.8, 4) is 11.5 Å². The van der Waals surface area contributed by atoms with E-state index in [-0.39, 0.29) is 35.7 Å². The standard InChI is InChI=1S/C40H34N4O8/c1-22-11-13-24(14-12-22)41-43-37(47)31-21-30-27(19-20-28-33(30)38(48)42(36(28)46)25-15-17-26(18-16-25)44(50)51)34(29-9-6-10-32(52-2)35(29)45)40(31,39(43)49)23-7-4-3-5-8-23/h3-19,28,30-31,33-34,41,45H,20-21H2,1-2H3. The average molecular weight is 699 g/mol. The van der Waals surface area contributed by atoms with Gasteiger partial charge in [0.2, 0.25) is 11.8 Å². The zero-order chi connectivity index (χ0) is 36.5. The second-order valence-electron chi connectivity index (χ2n) is 13.8. The topological polar surface area (TPSA) is 159 Å². The highest BCUT2D eigenvalue weighted by Crippen LogP contribution is 2.65. The molecule has 2 aliphatic heterocycles. The van der Waals surface area contributed by atoms with Gasteiger partial charge in [-0.15, -0.1) is 0 Å². The van der Waals surface area contributed by atoms with Crippen molar-refractivity contribution in [2.75, 3.05) is 17.4 Å². The normalized spacial score (nSPS) is 26.4. The van der Waals surface area contributed by atoms with Crippen LogP contribution in [0.4, 0.5) is 17.1 Å². The van der Waals surface area contributed by atoms with Crippen molar-refractivity contribution < 1.29 is 33.9 Å². The zero-order valence-corrected chi connectivity index (χ0v) is 28.3. The van der Waals surface area contributed by atoms with E-state index in [0.717, 1.165) is 15.5 Å². The number of amides is 4. The van der Waals surface area contributed by atoms with Gasteiger partial charge in [-0.25, -0.2) is 0 Å². The number of aryl methyl sites for hydroxylation is 1. The number of nitrogens with one attached hydrogen (secondary N) is 1. The number of hydrogen-bond donors (Lipinski definition) is 2. The fraction of sp³-hybridized carbons (Fsp3) is 0.250. The lowest BCUT2D eigenvalue weighted by Gasteiger charge is -2.50. The van der Waals surface area contributed by atoms with E-state index < -0.39 is 63.6 Å². The van der Waals surface area contributed by atoms with Gasteiger partial charge in [-0.2, -0.15) is 5.01 Å². The molecule has 4 aromatic rings. The van der Waals surface area contributed by atoms with Crippen molar-refractivity contribution in [2.45, 2.75) is 31.1 Å². The molecule has 52 heavy (non-hydrogen) atoms. The molecule has 0 aromatic heterocycles. The van der Waals surface area contributed by atoms with Crippen LogP contribution >= 0.6 is 0 Å². The number of rotatable bonds is 7. The van der Waals surface area contributed by atoms with Crippen LogP contribution in [0, 0.1) is 40.7 Å². The van der Waals surface area contributed by atoms with Crippen LogP contribution in [0.1, 0.15) is 35.4 Å². The number of fused-ring (bicyclic) bond motifs is 4. The number of ether oxygens (including phenoxy) is 1. The average Bonchev–Trinajstić information content (AvgIpc) is 3.53. The Labute approximate surface area is 298 Å². The van der Waals surface area contributed by atoms with Crippen LogP contribution in [-0.4, -0.2) is 45.8 Å². The van der Waals surface area contributed by atoms with E-state index in [1.807, 2.05) is 43.3 Å². The molecule has 2 aliphatic carbocycles. The molecule has 2 N–H and O–H groups in total. The molecule has 12 nitrogen and oxygen atoms in total. The number of benzene rings is 4. The minimum atomic E-state index is -1.56. The van der Waals surface area contributed by atoms with Crippen LogP contribution in [0.3, 0.4) is 0 Å². The number of imide groups is 2. The SMILES string of the molecule is COc1cccc(C2C3=CCC4C(=O)N(c5ccc([N+](=O)[O-])cc5)C(=O)C4C3CC3C(=O)N(Nc4ccc(C)cc4)C(=O)C32c2ccccc2)c1O. The molecule has 4 amide bonds. The van der Waals surface area contributed by atoms with Gasteiger partial charge in [-0.1, -0.05) is 71.8 Å². The first kappa shape index (κ1) is 32.9. The summed E-state index contributed by atoms with van der Waals surface area (Å²) in [5, 5.41) is 24.1. The molecule has 8 rings (SSSR count). The number of carbonyl (C=O) groups excluding carboxylic acids is 4. The number of para-hydroxylation sites is 1. The molecule has 6 atom stereocenters. The smallest absolute Gasteiger partial charge is 0.269 e. The zero-order valence-electron chi connectivity index (χ0n) is 28.3. The van der Waals surface area contributed by atoms with Gasteiger partial charge in [-0.3, -0.25) is 39.6 Å². The molecular weight excluding hydrogens is 664 g/mol. The molecule has 2 saturated heterocycles. The first-order valence-corrected chi connectivity index (χ1v) is 17.0. The molecule has 0 radical (unpaired) electrons. The number of phenols is 1. The summed E-state index contributed by atoms with van der Waals surface area (Å²) in [6.07, 6.45) is 2.15. The van der Waals surface area contributed by atoms with E-state index in [1.54, 1.807) is 42.5 Å². The third kappa shape index (κ3) is 4.66. The summed E-state index contributed by atoms with van der Waals surface area (Å²) in [6, 6.07) is 26.6. The fourth-order valence-corrected chi connectivity index (χ4v) is 9.01. The number of anilines is 2. The number of non-ortho nitro benzene ring substituents is 1. The van der Waals surface area contributed by atoms with Crippen molar-refractivity contribution in [1.82, 2.24) is 5.01 Å². The molecule has 4 aromatic carbocycles. The Kier molecular flexibility index (Phi) is 7.70. The maximum Gasteiger partial charge on any atom is 0.269 e. The van der Waals surface area contributed by atoms with Crippen molar-refractivity contribution >= 4 is 40.7 Å². The van der Waals surface area contributed by atoms with Crippen molar-refractivity contribution in [1.29, 1.82) is 0 Å². The van der Waals surface area contributed by atoms with Crippen LogP contribution in [0.25, 0.3) is 0 Å². The molecule has 262 valence electrons. The maximum atomic E-state index is 15.2. The minimum absolute atomic E-state index is 0.0763. The molecule has 1 saturated carbocycles. The van der Waals surface area contributed by atoms with Gasteiger partial charge in [0.15, 0.2) is 11.5 Å². The highest BCUT2D eigenvalue weighted by Gasteiger charge is 2.70. The largest absolute Gasteiger partial charge is 0.504 e. The van der Waals surface area contributed by atoms with Gasteiger partial charge >= 0.3 is 0 Å². The summed E-state index contributed by atoms with van der Waals surface area (Å²) < 4.78 is 5.52. The Bertz CT molecular complexity index is 2190. The number of hydrazine groups is 1. The Hall–Kier alpha value is -6.30. The third-order valence-electron chi connectivity index (χ3n) is 11.3. The Balaban J connectivity index is 1.31. The molecule has 0 bridgehead atoms. The van der Waals surface area contributed by atoms with Crippen molar-refractivity contribution in [3.05, 3.63) is 136 Å². The molecule has 4 aliphatic rings. The van der Waals surface area contributed by atoms with Crippen LogP contribution < -0.4 is 15.1 Å². The van der Waals surface area contributed by atoms with Gasteiger partial charge in [0.05, 0.1) is 46.6 Å². The summed E-state index contributed by atoms with van der Waals surface area (Å²) in [7, 11) is 1.43. The number of phenolic OH excluding ortho intramolecular Hbond substituents is 1. The predicted octanol–water partition coefficient (Wildman–Crippen LogP) is 5.81. The summed E-state index contributed by atoms with van der Waals surface area (Å²) in [6.45, 7) is 1.93. The second kappa shape index (κ2) is 12.2. The van der Waals surface area contributed by atoms with Gasteiger partial charge in [0, 0.05) is 23.6 Å². The quantitative estimate of drug-likeness (QED) is 0.105. The first-order valence-electron chi connectivity index (χ1n) is 17.0. The van der Waals surface area contributed by atoms with Gasteiger partial charge in [0.25, 0.3) is 17.5 Å². The molecule has 3 fully saturated rings. The number of nitro groups is 1. The van der Waals surface area contributed by atoms with E-state index in [0.29, 0.717) is 22.4 Å². The van der Waals surface area contributed by atoms with E-state index >= 15 is 4.79 Å². The highest BCUT2D eigenvalue weighted by atomic mass is 16.6. The van der Waals surface area contributed by atoms with Crippen LogP contribution in [-0.2, 0) is 24.6 Å². The Morgan fingerprint density at radius 2 is 1.58 bits per heavy atom. The lowest BCUT2D eigenvalue weighted by atomic mass is 9.49.